The molecule has 4 bridgehead atoms. The zero-order valence-corrected chi connectivity index (χ0v) is 18.4. The first-order chi connectivity index (χ1) is 15.6. The van der Waals surface area contributed by atoms with E-state index in [0.717, 1.165) is 23.2 Å². The highest BCUT2D eigenvalue weighted by atomic mass is 16.2. The van der Waals surface area contributed by atoms with Crippen molar-refractivity contribution in [2.75, 3.05) is 10.6 Å². The van der Waals surface area contributed by atoms with E-state index in [1.54, 1.807) is 5.56 Å². The molecule has 0 aliphatic heterocycles. The van der Waals surface area contributed by atoms with Gasteiger partial charge in [0.1, 0.15) is 0 Å². The van der Waals surface area contributed by atoms with Crippen LogP contribution in [0.2, 0.25) is 0 Å². The van der Waals surface area contributed by atoms with Crippen molar-refractivity contribution in [2.45, 2.75) is 49.4 Å². The Balaban J connectivity index is 1.23. The lowest BCUT2D eigenvalue weighted by atomic mass is 9.42. The molecule has 0 aromatic heterocycles. The Morgan fingerprint density at radius 3 is 1.66 bits per heavy atom. The van der Waals surface area contributed by atoms with Gasteiger partial charge in [0.05, 0.1) is 0 Å². The van der Waals surface area contributed by atoms with Gasteiger partial charge in [-0.25, -0.2) is 4.79 Å². The summed E-state index contributed by atoms with van der Waals surface area (Å²) in [6.07, 6.45) is 8.02. The number of nitrogens with one attached hydrogen (secondary N) is 2. The lowest BCUT2D eigenvalue weighted by Crippen LogP contribution is -2.55. The molecule has 3 aromatic rings. The van der Waals surface area contributed by atoms with E-state index in [1.807, 2.05) is 30.3 Å². The minimum Gasteiger partial charge on any atom is -0.308 e. The van der Waals surface area contributed by atoms with Crippen LogP contribution in [0.5, 0.6) is 0 Å². The van der Waals surface area contributed by atoms with Crippen molar-refractivity contribution in [3.63, 3.8) is 0 Å². The first-order valence-corrected chi connectivity index (χ1v) is 11.9. The van der Waals surface area contributed by atoms with Crippen molar-refractivity contribution in [2.24, 2.45) is 11.8 Å². The molecular formula is C29H30N2O. The molecule has 0 radical (unpaired) electrons. The van der Waals surface area contributed by atoms with E-state index in [1.165, 1.54) is 44.1 Å². The molecule has 3 nitrogen and oxygen atoms in total. The predicted molar refractivity (Wildman–Crippen MR) is 130 cm³/mol. The molecule has 4 aliphatic rings. The molecule has 4 saturated carbocycles. The summed E-state index contributed by atoms with van der Waals surface area (Å²) in [6, 6.07) is 29.3. The Morgan fingerprint density at radius 2 is 1.09 bits per heavy atom. The SMILES string of the molecule is O=C(Nc1ccccc1)Nc1ccc(C23C[C@H]4C[C@@H](CC(c5ccccc5)(C4)C2)C3)cc1. The molecule has 3 aromatic carbocycles. The molecular weight excluding hydrogens is 392 g/mol. The fourth-order valence-corrected chi connectivity index (χ4v) is 7.45. The molecule has 0 unspecified atom stereocenters. The topological polar surface area (TPSA) is 41.1 Å². The fraction of sp³-hybridized carbons (Fsp3) is 0.345. The highest BCUT2D eigenvalue weighted by Gasteiger charge is 2.58. The average Bonchev–Trinajstić information content (AvgIpc) is 2.80. The zero-order chi connectivity index (χ0) is 21.6. The first-order valence-electron chi connectivity index (χ1n) is 11.9. The van der Waals surface area contributed by atoms with Gasteiger partial charge in [0.25, 0.3) is 0 Å². The van der Waals surface area contributed by atoms with E-state index < -0.39 is 0 Å². The minimum atomic E-state index is -0.207. The van der Waals surface area contributed by atoms with Crippen molar-refractivity contribution >= 4 is 17.4 Å². The minimum absolute atomic E-state index is 0.207. The number of rotatable bonds is 4. The molecule has 2 amide bonds. The smallest absolute Gasteiger partial charge is 0.308 e. The van der Waals surface area contributed by atoms with Gasteiger partial charge in [-0.1, -0.05) is 60.7 Å². The average molecular weight is 423 g/mol. The number of benzene rings is 3. The van der Waals surface area contributed by atoms with Crippen LogP contribution in [-0.4, -0.2) is 6.03 Å². The summed E-state index contributed by atoms with van der Waals surface area (Å²) in [4.78, 5) is 12.4. The van der Waals surface area contributed by atoms with E-state index in [-0.39, 0.29) is 11.4 Å². The molecule has 3 heteroatoms. The van der Waals surface area contributed by atoms with Crippen LogP contribution in [0, 0.1) is 11.8 Å². The van der Waals surface area contributed by atoms with Crippen LogP contribution < -0.4 is 10.6 Å². The van der Waals surface area contributed by atoms with E-state index in [2.05, 4.69) is 65.2 Å². The summed E-state index contributed by atoms with van der Waals surface area (Å²) in [5.74, 6) is 1.68. The first kappa shape index (κ1) is 19.6. The number of para-hydroxylation sites is 1. The molecule has 2 N–H and O–H groups in total. The highest BCUT2D eigenvalue weighted by molar-refractivity contribution is 5.99. The van der Waals surface area contributed by atoms with Gasteiger partial charge < -0.3 is 10.6 Å². The summed E-state index contributed by atoms with van der Waals surface area (Å²) in [5.41, 5.74) is 5.27. The Bertz CT molecular complexity index is 1090. The van der Waals surface area contributed by atoms with Crippen LogP contribution in [0.3, 0.4) is 0 Å². The monoisotopic (exact) mass is 422 g/mol. The van der Waals surface area contributed by atoms with Gasteiger partial charge in [0, 0.05) is 11.4 Å². The van der Waals surface area contributed by atoms with Gasteiger partial charge in [0.2, 0.25) is 0 Å². The summed E-state index contributed by atoms with van der Waals surface area (Å²) in [6.45, 7) is 0. The molecule has 0 saturated heterocycles. The van der Waals surface area contributed by atoms with Gasteiger partial charge in [0.15, 0.2) is 0 Å². The van der Waals surface area contributed by atoms with Gasteiger partial charge in [-0.15, -0.1) is 0 Å². The second-order valence-electron chi connectivity index (χ2n) is 10.4. The molecule has 32 heavy (non-hydrogen) atoms. The van der Waals surface area contributed by atoms with Gasteiger partial charge in [-0.2, -0.15) is 0 Å². The van der Waals surface area contributed by atoms with Crippen LogP contribution in [0.1, 0.15) is 49.7 Å². The van der Waals surface area contributed by atoms with Crippen LogP contribution in [0.15, 0.2) is 84.9 Å². The van der Waals surface area contributed by atoms with E-state index in [9.17, 15) is 4.79 Å². The lowest BCUT2D eigenvalue weighted by molar-refractivity contribution is -0.0281. The summed E-state index contributed by atoms with van der Waals surface area (Å²) < 4.78 is 0. The Labute approximate surface area is 190 Å². The van der Waals surface area contributed by atoms with Crippen LogP contribution in [0.4, 0.5) is 16.2 Å². The Kier molecular flexibility index (Phi) is 4.60. The third-order valence-corrected chi connectivity index (χ3v) is 8.23. The molecule has 162 valence electrons. The van der Waals surface area contributed by atoms with Crippen molar-refractivity contribution in [3.05, 3.63) is 96.1 Å². The van der Waals surface area contributed by atoms with Gasteiger partial charge >= 0.3 is 6.03 Å². The third-order valence-electron chi connectivity index (χ3n) is 8.23. The van der Waals surface area contributed by atoms with Crippen molar-refractivity contribution in [3.8, 4) is 0 Å². The van der Waals surface area contributed by atoms with Crippen LogP contribution in [0.25, 0.3) is 0 Å². The molecule has 4 fully saturated rings. The van der Waals surface area contributed by atoms with Crippen molar-refractivity contribution < 1.29 is 4.79 Å². The summed E-state index contributed by atoms with van der Waals surface area (Å²) >= 11 is 0. The zero-order valence-electron chi connectivity index (χ0n) is 18.4. The van der Waals surface area contributed by atoms with Crippen LogP contribution in [-0.2, 0) is 10.8 Å². The maximum absolute atomic E-state index is 12.4. The van der Waals surface area contributed by atoms with E-state index in [0.29, 0.717) is 5.41 Å². The van der Waals surface area contributed by atoms with Crippen molar-refractivity contribution in [1.82, 2.24) is 0 Å². The highest BCUT2D eigenvalue weighted by Crippen LogP contribution is 2.66. The fourth-order valence-electron chi connectivity index (χ4n) is 7.45. The number of carbonyl (C=O) groups is 1. The quantitative estimate of drug-likeness (QED) is 0.462. The number of carbonyl (C=O) groups excluding carboxylic acids is 1. The normalized spacial score (nSPS) is 30.1. The van der Waals surface area contributed by atoms with E-state index in [4.69, 9.17) is 0 Å². The third kappa shape index (κ3) is 3.40. The summed E-state index contributed by atoms with van der Waals surface area (Å²) in [5, 5.41) is 5.86. The number of urea groups is 1. The number of amides is 2. The van der Waals surface area contributed by atoms with Gasteiger partial charge in [-0.05, 0) is 96.6 Å². The number of anilines is 2. The molecule has 0 spiro atoms. The molecule has 4 aliphatic carbocycles. The second kappa shape index (κ2) is 7.51. The molecule has 0 heterocycles. The lowest BCUT2D eigenvalue weighted by Gasteiger charge is -2.62. The van der Waals surface area contributed by atoms with E-state index >= 15 is 0 Å². The largest absolute Gasteiger partial charge is 0.323 e. The Hall–Kier alpha value is -3.07. The maximum atomic E-state index is 12.4. The summed E-state index contributed by atoms with van der Waals surface area (Å²) in [7, 11) is 0. The Morgan fingerprint density at radius 1 is 0.625 bits per heavy atom. The standard InChI is InChI=1S/C29H30N2O/c32-27(30-25-9-5-2-6-10-25)31-26-13-11-24(12-14-26)29-18-21-15-22(19-29)17-28(16-21,20-29)23-7-3-1-4-8-23/h1-14,21-22H,15-20H2,(H2,30,31,32)/t21-,22-,28?,29?/m0/s1. The van der Waals surface area contributed by atoms with Crippen molar-refractivity contribution in [1.29, 1.82) is 0 Å². The molecule has 7 rings (SSSR count). The number of hydrogen-bond acceptors (Lipinski definition) is 1. The maximum Gasteiger partial charge on any atom is 0.323 e. The second-order valence-corrected chi connectivity index (χ2v) is 10.4. The van der Waals surface area contributed by atoms with Crippen LogP contribution >= 0.6 is 0 Å². The number of hydrogen-bond donors (Lipinski definition) is 2. The molecule has 2 atom stereocenters. The van der Waals surface area contributed by atoms with Gasteiger partial charge in [-0.3, -0.25) is 0 Å². The predicted octanol–water partition coefficient (Wildman–Crippen LogP) is 7.12.